The summed E-state index contributed by atoms with van der Waals surface area (Å²) < 4.78 is 7.36. The van der Waals surface area contributed by atoms with Crippen LogP contribution in [0.2, 0.25) is 0 Å². The van der Waals surface area contributed by atoms with Crippen LogP contribution in [-0.4, -0.2) is 22.6 Å². The van der Waals surface area contributed by atoms with E-state index in [1.165, 1.54) is 0 Å². The lowest BCUT2D eigenvalue weighted by atomic mass is 9.96. The van der Waals surface area contributed by atoms with Crippen molar-refractivity contribution >= 4 is 22.6 Å². The number of hydrogen-bond acceptors (Lipinski definition) is 3. The van der Waals surface area contributed by atoms with Gasteiger partial charge in [0.25, 0.3) is 0 Å². The van der Waals surface area contributed by atoms with Gasteiger partial charge in [0, 0.05) is 24.6 Å². The number of carbonyl (C=O) groups is 1. The fourth-order valence-corrected chi connectivity index (χ4v) is 3.28. The minimum atomic E-state index is -0.0450. The Labute approximate surface area is 140 Å². The van der Waals surface area contributed by atoms with E-state index in [2.05, 4.69) is 20.9 Å². The van der Waals surface area contributed by atoms with Crippen LogP contribution >= 0.6 is 0 Å². The van der Waals surface area contributed by atoms with Gasteiger partial charge < -0.3 is 14.6 Å². The van der Waals surface area contributed by atoms with E-state index in [0.29, 0.717) is 6.42 Å². The van der Waals surface area contributed by atoms with Gasteiger partial charge in [-0.25, -0.2) is 4.98 Å². The lowest BCUT2D eigenvalue weighted by molar-refractivity contribution is -0.120. The highest BCUT2D eigenvalue weighted by atomic mass is 16.5. The molecule has 0 radical (unpaired) electrons. The highest BCUT2D eigenvalue weighted by Gasteiger charge is 2.27. The number of ether oxygens (including phenoxy) is 1. The van der Waals surface area contributed by atoms with Crippen molar-refractivity contribution < 1.29 is 9.53 Å². The molecular weight excluding hydrogens is 302 g/mol. The summed E-state index contributed by atoms with van der Waals surface area (Å²) in [6.07, 6.45) is 1.51. The van der Waals surface area contributed by atoms with Crippen molar-refractivity contribution in [2.45, 2.75) is 19.4 Å². The first-order valence-corrected chi connectivity index (χ1v) is 8.13. The second-order valence-electron chi connectivity index (χ2n) is 6.08. The number of carbonyl (C=O) groups excluding carboxylic acids is 1. The number of imidazole rings is 1. The summed E-state index contributed by atoms with van der Waals surface area (Å²) in [4.78, 5) is 17.2. The van der Waals surface area contributed by atoms with Crippen LogP contribution < -0.4 is 10.1 Å². The van der Waals surface area contributed by atoms with Gasteiger partial charge in [0.2, 0.25) is 5.91 Å². The Morgan fingerprint density at radius 2 is 2.00 bits per heavy atom. The Kier molecular flexibility index (Phi) is 3.69. The Morgan fingerprint density at radius 1 is 1.21 bits per heavy atom. The van der Waals surface area contributed by atoms with E-state index in [-0.39, 0.29) is 11.8 Å². The third kappa shape index (κ3) is 2.62. The van der Waals surface area contributed by atoms with E-state index in [4.69, 9.17) is 4.74 Å². The van der Waals surface area contributed by atoms with Gasteiger partial charge >= 0.3 is 0 Å². The summed E-state index contributed by atoms with van der Waals surface area (Å²) in [6.45, 7) is 0.830. The lowest BCUT2D eigenvalue weighted by Crippen LogP contribution is -2.30. The van der Waals surface area contributed by atoms with E-state index >= 15 is 0 Å². The van der Waals surface area contributed by atoms with Crippen LogP contribution in [0.25, 0.3) is 11.0 Å². The molecule has 1 aliphatic rings. The molecule has 2 heterocycles. The summed E-state index contributed by atoms with van der Waals surface area (Å²) in [6, 6.07) is 15.5. The van der Waals surface area contributed by atoms with Crippen LogP contribution in [0.4, 0.5) is 5.69 Å². The number of anilines is 1. The Hall–Kier alpha value is -2.82. The summed E-state index contributed by atoms with van der Waals surface area (Å²) >= 11 is 0. The molecule has 4 rings (SSSR count). The number of benzene rings is 2. The maximum atomic E-state index is 12.6. The van der Waals surface area contributed by atoms with E-state index in [0.717, 1.165) is 41.3 Å². The molecule has 1 atom stereocenters. The van der Waals surface area contributed by atoms with Gasteiger partial charge in [0.15, 0.2) is 0 Å². The van der Waals surface area contributed by atoms with Crippen molar-refractivity contribution in [1.82, 2.24) is 9.55 Å². The van der Waals surface area contributed by atoms with E-state index in [1.54, 1.807) is 7.11 Å². The Bertz CT molecular complexity index is 883. The molecule has 0 saturated heterocycles. The summed E-state index contributed by atoms with van der Waals surface area (Å²) in [5.74, 6) is 1.78. The molecular formula is C19H19N3O2. The fraction of sp³-hybridized carbons (Fsp3) is 0.263. The summed E-state index contributed by atoms with van der Waals surface area (Å²) in [7, 11) is 1.63. The molecule has 1 amide bonds. The first-order valence-electron chi connectivity index (χ1n) is 8.13. The zero-order chi connectivity index (χ0) is 16.5. The van der Waals surface area contributed by atoms with E-state index < -0.39 is 0 Å². The van der Waals surface area contributed by atoms with Crippen LogP contribution in [-0.2, 0) is 17.8 Å². The molecule has 5 heteroatoms. The van der Waals surface area contributed by atoms with Gasteiger partial charge in [0.1, 0.15) is 11.6 Å². The predicted molar refractivity (Wildman–Crippen MR) is 93.2 cm³/mol. The van der Waals surface area contributed by atoms with Crippen molar-refractivity contribution in [3.63, 3.8) is 0 Å². The van der Waals surface area contributed by atoms with Crippen LogP contribution in [0, 0.1) is 5.92 Å². The van der Waals surface area contributed by atoms with Crippen molar-refractivity contribution in [2.24, 2.45) is 5.92 Å². The summed E-state index contributed by atoms with van der Waals surface area (Å²) in [5.41, 5.74) is 2.95. The third-order valence-electron chi connectivity index (χ3n) is 4.59. The molecule has 0 saturated carbocycles. The number of fused-ring (bicyclic) bond motifs is 3. The molecule has 0 aliphatic carbocycles. The number of amides is 1. The summed E-state index contributed by atoms with van der Waals surface area (Å²) in [5, 5.41) is 3.00. The zero-order valence-electron chi connectivity index (χ0n) is 13.5. The van der Waals surface area contributed by atoms with Gasteiger partial charge in [-0.2, -0.15) is 0 Å². The molecule has 5 nitrogen and oxygen atoms in total. The van der Waals surface area contributed by atoms with E-state index in [9.17, 15) is 4.79 Å². The SMILES string of the molecule is COc1ccc(NC(=O)C2CCn3c(nc4ccccc43)C2)cc1. The van der Waals surface area contributed by atoms with Crippen LogP contribution in [0.5, 0.6) is 5.75 Å². The first kappa shape index (κ1) is 14.8. The number of methoxy groups -OCH3 is 1. The van der Waals surface area contributed by atoms with Crippen LogP contribution in [0.1, 0.15) is 12.2 Å². The molecule has 1 N–H and O–H groups in total. The average Bonchev–Trinajstić information content (AvgIpc) is 3.00. The molecule has 0 bridgehead atoms. The van der Waals surface area contributed by atoms with Crippen molar-refractivity contribution in [3.8, 4) is 5.75 Å². The predicted octanol–water partition coefficient (Wildman–Crippen LogP) is 3.25. The fourth-order valence-electron chi connectivity index (χ4n) is 3.28. The van der Waals surface area contributed by atoms with Crippen LogP contribution in [0.3, 0.4) is 0 Å². The Balaban J connectivity index is 1.50. The molecule has 24 heavy (non-hydrogen) atoms. The largest absolute Gasteiger partial charge is 0.497 e. The molecule has 3 aromatic rings. The van der Waals surface area contributed by atoms with Gasteiger partial charge in [-0.05, 0) is 42.8 Å². The molecule has 122 valence electrons. The van der Waals surface area contributed by atoms with E-state index in [1.807, 2.05) is 42.5 Å². The topological polar surface area (TPSA) is 56.1 Å². The van der Waals surface area contributed by atoms with Gasteiger partial charge in [-0.3, -0.25) is 4.79 Å². The van der Waals surface area contributed by atoms with Crippen molar-refractivity contribution in [3.05, 3.63) is 54.4 Å². The smallest absolute Gasteiger partial charge is 0.228 e. The number of aryl methyl sites for hydroxylation is 1. The molecule has 1 unspecified atom stereocenters. The van der Waals surface area contributed by atoms with Gasteiger partial charge in [-0.15, -0.1) is 0 Å². The monoisotopic (exact) mass is 321 g/mol. The molecule has 1 aromatic heterocycles. The third-order valence-corrected chi connectivity index (χ3v) is 4.59. The molecule has 2 aromatic carbocycles. The average molecular weight is 321 g/mol. The lowest BCUT2D eigenvalue weighted by Gasteiger charge is -2.23. The Morgan fingerprint density at radius 3 is 2.79 bits per heavy atom. The quantitative estimate of drug-likeness (QED) is 0.805. The molecule has 1 aliphatic heterocycles. The number of para-hydroxylation sites is 2. The second-order valence-corrected chi connectivity index (χ2v) is 6.08. The van der Waals surface area contributed by atoms with Gasteiger partial charge in [0.05, 0.1) is 18.1 Å². The highest BCUT2D eigenvalue weighted by Crippen LogP contribution is 2.26. The number of hydrogen-bond donors (Lipinski definition) is 1. The van der Waals surface area contributed by atoms with Crippen LogP contribution in [0.15, 0.2) is 48.5 Å². The molecule has 0 fully saturated rings. The maximum absolute atomic E-state index is 12.6. The van der Waals surface area contributed by atoms with Crippen molar-refractivity contribution in [1.29, 1.82) is 0 Å². The van der Waals surface area contributed by atoms with Crippen molar-refractivity contribution in [2.75, 3.05) is 12.4 Å². The number of rotatable bonds is 3. The number of nitrogens with one attached hydrogen (secondary N) is 1. The number of aromatic nitrogens is 2. The minimum absolute atomic E-state index is 0.0450. The minimum Gasteiger partial charge on any atom is -0.497 e. The first-order chi connectivity index (χ1) is 11.7. The standard InChI is InChI=1S/C19H19N3O2/c1-24-15-8-6-14(7-9-15)20-19(23)13-10-11-22-17-5-3-2-4-16(17)21-18(22)12-13/h2-9,13H,10-12H2,1H3,(H,20,23). The zero-order valence-corrected chi connectivity index (χ0v) is 13.5. The number of nitrogens with zero attached hydrogens (tertiary/aromatic N) is 2. The highest BCUT2D eigenvalue weighted by molar-refractivity contribution is 5.93. The molecule has 0 spiro atoms. The maximum Gasteiger partial charge on any atom is 0.228 e. The normalized spacial score (nSPS) is 16.6. The van der Waals surface area contributed by atoms with Gasteiger partial charge in [-0.1, -0.05) is 12.1 Å². The second kappa shape index (κ2) is 6.00.